The van der Waals surface area contributed by atoms with Crippen LogP contribution in [0.3, 0.4) is 0 Å². The van der Waals surface area contributed by atoms with Crippen LogP contribution < -0.4 is 0 Å². The second kappa shape index (κ2) is 5.68. The highest BCUT2D eigenvalue weighted by atomic mass is 16.6. The molecule has 1 aliphatic heterocycles. The molecule has 9 nitrogen and oxygen atoms in total. The number of esters is 3. The molecule has 20 heavy (non-hydrogen) atoms. The van der Waals surface area contributed by atoms with Crippen LogP contribution in [-0.4, -0.2) is 53.2 Å². The van der Waals surface area contributed by atoms with Gasteiger partial charge in [0.1, 0.15) is 6.10 Å². The number of methoxy groups -OCH3 is 2. The van der Waals surface area contributed by atoms with E-state index in [9.17, 15) is 14.4 Å². The Morgan fingerprint density at radius 3 is 2.60 bits per heavy atom. The zero-order chi connectivity index (χ0) is 14.7. The van der Waals surface area contributed by atoms with E-state index in [-0.39, 0.29) is 23.9 Å². The first kappa shape index (κ1) is 14.0. The zero-order valence-corrected chi connectivity index (χ0v) is 11.0. The fourth-order valence-electron chi connectivity index (χ4n) is 1.88. The monoisotopic (exact) mass is 283 g/mol. The van der Waals surface area contributed by atoms with E-state index in [1.54, 1.807) is 0 Å². The summed E-state index contributed by atoms with van der Waals surface area (Å²) in [6.07, 6.45) is 0.432. The molecule has 2 rings (SSSR count). The minimum Gasteiger partial charge on any atom is -0.464 e. The number of ether oxygens (including phenoxy) is 3. The van der Waals surface area contributed by atoms with Gasteiger partial charge in [0.15, 0.2) is 5.69 Å². The highest BCUT2D eigenvalue weighted by molar-refractivity contribution is 6.00. The van der Waals surface area contributed by atoms with Crippen LogP contribution >= 0.6 is 0 Å². The van der Waals surface area contributed by atoms with E-state index < -0.39 is 18.0 Å². The van der Waals surface area contributed by atoms with Gasteiger partial charge < -0.3 is 14.2 Å². The first-order valence-corrected chi connectivity index (χ1v) is 5.86. The number of hydrogen-bond acceptors (Lipinski definition) is 8. The van der Waals surface area contributed by atoms with E-state index in [1.165, 1.54) is 18.9 Å². The van der Waals surface area contributed by atoms with Crippen LogP contribution in [0.4, 0.5) is 0 Å². The van der Waals surface area contributed by atoms with Gasteiger partial charge in [-0.2, -0.15) is 0 Å². The van der Waals surface area contributed by atoms with Crippen LogP contribution in [0.15, 0.2) is 0 Å². The molecule has 1 saturated heterocycles. The summed E-state index contributed by atoms with van der Waals surface area (Å²) in [4.78, 5) is 34.3. The van der Waals surface area contributed by atoms with Gasteiger partial charge in [-0.05, 0) is 6.42 Å². The molecule has 9 heteroatoms. The third-order valence-electron chi connectivity index (χ3n) is 2.84. The summed E-state index contributed by atoms with van der Waals surface area (Å²) >= 11 is 0. The zero-order valence-electron chi connectivity index (χ0n) is 11.0. The largest absolute Gasteiger partial charge is 0.464 e. The number of hydrogen-bond donors (Lipinski definition) is 0. The predicted molar refractivity (Wildman–Crippen MR) is 61.8 cm³/mol. The first-order chi connectivity index (χ1) is 9.56. The maximum Gasteiger partial charge on any atom is 0.361 e. The number of rotatable bonds is 4. The second-order valence-corrected chi connectivity index (χ2v) is 4.10. The molecule has 1 atom stereocenters. The van der Waals surface area contributed by atoms with Gasteiger partial charge in [-0.1, -0.05) is 5.21 Å². The molecule has 108 valence electrons. The van der Waals surface area contributed by atoms with Crippen LogP contribution in [0, 0.1) is 0 Å². The number of carbonyl (C=O) groups excluding carboxylic acids is 3. The molecule has 1 aromatic heterocycles. The summed E-state index contributed by atoms with van der Waals surface area (Å²) in [6.45, 7) is 0.125. The summed E-state index contributed by atoms with van der Waals surface area (Å²) in [5, 5.41) is 7.33. The third-order valence-corrected chi connectivity index (χ3v) is 2.84. The fourth-order valence-corrected chi connectivity index (χ4v) is 1.88. The average Bonchev–Trinajstić information content (AvgIpc) is 3.04. The van der Waals surface area contributed by atoms with Crippen molar-refractivity contribution in [1.82, 2.24) is 15.0 Å². The summed E-state index contributed by atoms with van der Waals surface area (Å²) in [5.74, 6) is -1.86. The van der Waals surface area contributed by atoms with Crippen LogP contribution in [0.5, 0.6) is 0 Å². The van der Waals surface area contributed by atoms with Crippen LogP contribution in [0.2, 0.25) is 0 Å². The van der Waals surface area contributed by atoms with E-state index in [0.29, 0.717) is 12.8 Å². The van der Waals surface area contributed by atoms with Crippen LogP contribution in [-0.2, 0) is 25.5 Å². The fraction of sp³-hybridized carbons (Fsp3) is 0.545. The third kappa shape index (κ3) is 2.60. The number of nitrogens with zero attached hydrogens (tertiary/aromatic N) is 3. The van der Waals surface area contributed by atoms with Crippen molar-refractivity contribution in [2.75, 3.05) is 14.2 Å². The molecule has 0 N–H and O–H groups in total. The molecule has 0 bridgehead atoms. The van der Waals surface area contributed by atoms with Crippen molar-refractivity contribution >= 4 is 17.9 Å². The van der Waals surface area contributed by atoms with Crippen molar-refractivity contribution in [2.45, 2.75) is 25.5 Å². The Balaban J connectivity index is 2.28. The highest BCUT2D eigenvalue weighted by Gasteiger charge is 2.30. The topological polar surface area (TPSA) is 110 Å². The summed E-state index contributed by atoms with van der Waals surface area (Å²) < 4.78 is 15.3. The van der Waals surface area contributed by atoms with Gasteiger partial charge in [0.05, 0.1) is 20.8 Å². The molecular weight excluding hydrogens is 270 g/mol. The predicted octanol–water partition coefficient (Wildman–Crippen LogP) is -0.443. The molecular formula is C11H13N3O6. The quantitative estimate of drug-likeness (QED) is 0.540. The Morgan fingerprint density at radius 1 is 1.35 bits per heavy atom. The Morgan fingerprint density at radius 2 is 2.05 bits per heavy atom. The number of carbonyl (C=O) groups is 3. The van der Waals surface area contributed by atoms with Gasteiger partial charge in [0.2, 0.25) is 5.69 Å². The van der Waals surface area contributed by atoms with Crippen molar-refractivity contribution < 1.29 is 28.6 Å². The highest BCUT2D eigenvalue weighted by Crippen LogP contribution is 2.17. The Kier molecular flexibility index (Phi) is 3.97. The van der Waals surface area contributed by atoms with Gasteiger partial charge in [-0.25, -0.2) is 14.3 Å². The smallest absolute Gasteiger partial charge is 0.361 e. The van der Waals surface area contributed by atoms with Gasteiger partial charge in [-0.15, -0.1) is 5.10 Å². The van der Waals surface area contributed by atoms with Gasteiger partial charge >= 0.3 is 17.9 Å². The van der Waals surface area contributed by atoms with Crippen molar-refractivity contribution in [1.29, 1.82) is 0 Å². The molecule has 0 saturated carbocycles. The van der Waals surface area contributed by atoms with Gasteiger partial charge in [0.25, 0.3) is 0 Å². The molecule has 1 unspecified atom stereocenters. The standard InChI is InChI=1S/C11H13N3O6/c1-18-10(16)8-9(11(17)19-2)14(13-12-8)5-6-3-4-7(15)20-6/h6H,3-5H2,1-2H3. The van der Waals surface area contributed by atoms with Crippen molar-refractivity contribution in [3.8, 4) is 0 Å². The molecule has 0 amide bonds. The lowest BCUT2D eigenvalue weighted by atomic mass is 10.2. The summed E-state index contributed by atoms with van der Waals surface area (Å²) in [7, 11) is 2.34. The molecule has 1 fully saturated rings. The number of aromatic nitrogens is 3. The SMILES string of the molecule is COC(=O)c1nnn(CC2CCC(=O)O2)c1C(=O)OC. The van der Waals surface area contributed by atoms with Gasteiger partial charge in [-0.3, -0.25) is 4.79 Å². The summed E-state index contributed by atoms with van der Waals surface area (Å²) in [6, 6.07) is 0. The molecule has 1 aromatic rings. The first-order valence-electron chi connectivity index (χ1n) is 5.86. The lowest BCUT2D eigenvalue weighted by molar-refractivity contribution is -0.141. The maximum atomic E-state index is 11.7. The van der Waals surface area contributed by atoms with Crippen LogP contribution in [0.1, 0.15) is 33.8 Å². The van der Waals surface area contributed by atoms with Crippen molar-refractivity contribution in [3.05, 3.63) is 11.4 Å². The van der Waals surface area contributed by atoms with E-state index >= 15 is 0 Å². The minimum absolute atomic E-state index is 0.123. The Bertz CT molecular complexity index is 552. The molecule has 0 spiro atoms. The molecule has 2 heterocycles. The Hall–Kier alpha value is -2.45. The van der Waals surface area contributed by atoms with E-state index in [2.05, 4.69) is 19.8 Å². The van der Waals surface area contributed by atoms with E-state index in [0.717, 1.165) is 0 Å². The molecule has 0 aliphatic carbocycles. The van der Waals surface area contributed by atoms with E-state index in [4.69, 9.17) is 4.74 Å². The molecule has 0 aromatic carbocycles. The lowest BCUT2D eigenvalue weighted by Crippen LogP contribution is -2.22. The van der Waals surface area contributed by atoms with E-state index in [1.807, 2.05) is 0 Å². The minimum atomic E-state index is -0.792. The summed E-state index contributed by atoms with van der Waals surface area (Å²) in [5.41, 5.74) is -0.356. The molecule has 1 aliphatic rings. The Labute approximate surface area is 113 Å². The second-order valence-electron chi connectivity index (χ2n) is 4.10. The number of cyclic esters (lactones) is 1. The van der Waals surface area contributed by atoms with Crippen molar-refractivity contribution in [3.63, 3.8) is 0 Å². The van der Waals surface area contributed by atoms with Gasteiger partial charge in [0, 0.05) is 6.42 Å². The molecule has 0 radical (unpaired) electrons. The van der Waals surface area contributed by atoms with Crippen molar-refractivity contribution in [2.24, 2.45) is 0 Å². The normalized spacial score (nSPS) is 17.7. The lowest BCUT2D eigenvalue weighted by Gasteiger charge is -2.10. The van der Waals surface area contributed by atoms with Crippen LogP contribution in [0.25, 0.3) is 0 Å². The maximum absolute atomic E-state index is 11.7. The average molecular weight is 283 g/mol.